The molecule has 0 aliphatic heterocycles. The lowest BCUT2D eigenvalue weighted by atomic mass is 9.89. The van der Waals surface area contributed by atoms with Crippen LogP contribution >= 0.6 is 0 Å². The van der Waals surface area contributed by atoms with Gasteiger partial charge in [0, 0.05) is 12.8 Å². The molecular formula is C9H12O2. The maximum atomic E-state index is 11.1. The fourth-order valence-electron chi connectivity index (χ4n) is 1.32. The van der Waals surface area contributed by atoms with Gasteiger partial charge in [-0.1, -0.05) is 12.2 Å². The minimum Gasteiger partial charge on any atom is -0.291 e. The van der Waals surface area contributed by atoms with Crippen molar-refractivity contribution in [1.29, 1.82) is 0 Å². The Labute approximate surface area is 66.3 Å². The Hall–Kier alpha value is -0.920. The third kappa shape index (κ3) is 2.00. The van der Waals surface area contributed by atoms with Crippen molar-refractivity contribution >= 4 is 11.6 Å². The third-order valence-corrected chi connectivity index (χ3v) is 1.99. The molecule has 0 N–H and O–H groups in total. The van der Waals surface area contributed by atoms with Gasteiger partial charge >= 0.3 is 0 Å². The number of rotatable bonds is 2. The second kappa shape index (κ2) is 3.46. The van der Waals surface area contributed by atoms with Crippen LogP contribution in [0.15, 0.2) is 12.2 Å². The van der Waals surface area contributed by atoms with Crippen molar-refractivity contribution in [2.45, 2.75) is 26.2 Å². The van der Waals surface area contributed by atoms with Crippen molar-refractivity contribution in [3.05, 3.63) is 12.2 Å². The van der Waals surface area contributed by atoms with E-state index in [0.717, 1.165) is 19.3 Å². The second-order valence-electron chi connectivity index (χ2n) is 2.90. The van der Waals surface area contributed by atoms with Crippen LogP contribution in [-0.4, -0.2) is 11.6 Å². The molecule has 0 aromatic carbocycles. The molecule has 60 valence electrons. The Balaban J connectivity index is 2.54. The van der Waals surface area contributed by atoms with Crippen molar-refractivity contribution < 1.29 is 9.59 Å². The van der Waals surface area contributed by atoms with Crippen molar-refractivity contribution in [2.24, 2.45) is 5.92 Å². The predicted molar refractivity (Wildman–Crippen MR) is 42.2 cm³/mol. The van der Waals surface area contributed by atoms with Crippen LogP contribution in [0.4, 0.5) is 0 Å². The first kappa shape index (κ1) is 8.18. The van der Waals surface area contributed by atoms with Crippen LogP contribution in [0.1, 0.15) is 26.2 Å². The Morgan fingerprint density at radius 1 is 1.36 bits per heavy atom. The molecule has 0 saturated carbocycles. The monoisotopic (exact) mass is 152 g/mol. The normalized spacial score (nSPS) is 23.2. The summed E-state index contributed by atoms with van der Waals surface area (Å²) in [6, 6.07) is 0. The lowest BCUT2D eigenvalue weighted by molar-refractivity contribution is -0.137. The molecule has 11 heavy (non-hydrogen) atoms. The summed E-state index contributed by atoms with van der Waals surface area (Å²) < 4.78 is 0. The Kier molecular flexibility index (Phi) is 2.58. The number of hydrogen-bond acceptors (Lipinski definition) is 2. The SMILES string of the molecule is CC(=O)C(=O)C1CC=CCC1. The van der Waals surface area contributed by atoms with E-state index >= 15 is 0 Å². The quantitative estimate of drug-likeness (QED) is 0.444. The first-order valence-electron chi connectivity index (χ1n) is 3.91. The molecule has 1 rings (SSSR count). The van der Waals surface area contributed by atoms with Crippen LogP contribution in [0.2, 0.25) is 0 Å². The number of carbonyl (C=O) groups excluding carboxylic acids is 2. The molecule has 2 nitrogen and oxygen atoms in total. The summed E-state index contributed by atoms with van der Waals surface area (Å²) >= 11 is 0. The zero-order valence-corrected chi connectivity index (χ0v) is 6.67. The molecule has 0 fully saturated rings. The molecule has 0 heterocycles. The van der Waals surface area contributed by atoms with Gasteiger partial charge in [-0.2, -0.15) is 0 Å². The molecule has 0 radical (unpaired) electrons. The first-order chi connectivity index (χ1) is 5.22. The molecule has 0 bridgehead atoms. The topological polar surface area (TPSA) is 34.1 Å². The van der Waals surface area contributed by atoms with Crippen molar-refractivity contribution in [3.8, 4) is 0 Å². The highest BCUT2D eigenvalue weighted by Gasteiger charge is 2.21. The van der Waals surface area contributed by atoms with Gasteiger partial charge in [0.25, 0.3) is 0 Å². The first-order valence-corrected chi connectivity index (χ1v) is 3.91. The summed E-state index contributed by atoms with van der Waals surface area (Å²) in [5.74, 6) is -0.530. The van der Waals surface area contributed by atoms with Gasteiger partial charge < -0.3 is 0 Å². The average molecular weight is 152 g/mol. The van der Waals surface area contributed by atoms with E-state index in [1.807, 2.05) is 6.08 Å². The van der Waals surface area contributed by atoms with Gasteiger partial charge in [-0.3, -0.25) is 9.59 Å². The number of carbonyl (C=O) groups is 2. The molecule has 0 aromatic rings. The van der Waals surface area contributed by atoms with Gasteiger partial charge in [0.05, 0.1) is 0 Å². The van der Waals surface area contributed by atoms with Crippen LogP contribution < -0.4 is 0 Å². The van der Waals surface area contributed by atoms with Crippen LogP contribution in [0.5, 0.6) is 0 Å². The summed E-state index contributed by atoms with van der Waals surface area (Å²) in [6.07, 6.45) is 6.57. The molecule has 1 aliphatic carbocycles. The van der Waals surface area contributed by atoms with E-state index in [1.54, 1.807) is 0 Å². The van der Waals surface area contributed by atoms with E-state index in [-0.39, 0.29) is 17.5 Å². The maximum absolute atomic E-state index is 11.1. The van der Waals surface area contributed by atoms with E-state index in [1.165, 1.54) is 6.92 Å². The minimum atomic E-state index is -0.301. The number of allylic oxidation sites excluding steroid dienone is 2. The standard InChI is InChI=1S/C9H12O2/c1-7(10)9(11)8-5-3-2-4-6-8/h2-3,8H,4-6H2,1H3. The van der Waals surface area contributed by atoms with Crippen molar-refractivity contribution in [2.75, 3.05) is 0 Å². The summed E-state index contributed by atoms with van der Waals surface area (Å²) in [6.45, 7) is 1.35. The summed E-state index contributed by atoms with van der Waals surface area (Å²) in [4.78, 5) is 21.8. The lowest BCUT2D eigenvalue weighted by Crippen LogP contribution is -2.22. The highest BCUT2D eigenvalue weighted by atomic mass is 16.2. The lowest BCUT2D eigenvalue weighted by Gasteiger charge is -2.13. The number of Topliss-reactive ketones (excluding diaryl/α,β-unsaturated/α-hetero) is 2. The molecule has 0 saturated heterocycles. The summed E-state index contributed by atoms with van der Waals surface area (Å²) in [5, 5.41) is 0. The second-order valence-corrected chi connectivity index (χ2v) is 2.90. The van der Waals surface area contributed by atoms with E-state index < -0.39 is 0 Å². The van der Waals surface area contributed by atoms with Gasteiger partial charge in [0.15, 0.2) is 5.78 Å². The molecule has 1 aliphatic rings. The zero-order valence-electron chi connectivity index (χ0n) is 6.67. The van der Waals surface area contributed by atoms with E-state index in [0.29, 0.717) is 0 Å². The number of hydrogen-bond donors (Lipinski definition) is 0. The van der Waals surface area contributed by atoms with Crippen LogP contribution in [0.25, 0.3) is 0 Å². The van der Waals surface area contributed by atoms with E-state index in [9.17, 15) is 9.59 Å². The molecule has 1 atom stereocenters. The van der Waals surface area contributed by atoms with Gasteiger partial charge in [-0.05, 0) is 19.3 Å². The van der Waals surface area contributed by atoms with E-state index in [4.69, 9.17) is 0 Å². The van der Waals surface area contributed by atoms with Crippen LogP contribution in [0.3, 0.4) is 0 Å². The van der Waals surface area contributed by atoms with Gasteiger partial charge in [-0.15, -0.1) is 0 Å². The van der Waals surface area contributed by atoms with Gasteiger partial charge in [0.2, 0.25) is 5.78 Å². The Morgan fingerprint density at radius 2 is 2.09 bits per heavy atom. The Morgan fingerprint density at radius 3 is 2.55 bits per heavy atom. The average Bonchev–Trinajstić information content (AvgIpc) is 2.05. The third-order valence-electron chi connectivity index (χ3n) is 1.99. The molecule has 2 heteroatoms. The van der Waals surface area contributed by atoms with Gasteiger partial charge in [-0.25, -0.2) is 0 Å². The molecule has 0 spiro atoms. The van der Waals surface area contributed by atoms with Crippen molar-refractivity contribution in [3.63, 3.8) is 0 Å². The predicted octanol–water partition coefficient (Wildman–Crippen LogP) is 1.50. The largest absolute Gasteiger partial charge is 0.291 e. The highest BCUT2D eigenvalue weighted by molar-refractivity contribution is 6.37. The number of ketones is 2. The molecule has 0 aromatic heterocycles. The fourth-order valence-corrected chi connectivity index (χ4v) is 1.32. The summed E-state index contributed by atoms with van der Waals surface area (Å²) in [7, 11) is 0. The highest BCUT2D eigenvalue weighted by Crippen LogP contribution is 2.18. The Bertz CT molecular complexity index is 204. The molecule has 1 unspecified atom stereocenters. The molecular weight excluding hydrogens is 140 g/mol. The van der Waals surface area contributed by atoms with Gasteiger partial charge in [0.1, 0.15) is 0 Å². The van der Waals surface area contributed by atoms with Crippen LogP contribution in [0, 0.1) is 5.92 Å². The zero-order chi connectivity index (χ0) is 8.27. The van der Waals surface area contributed by atoms with Crippen LogP contribution in [-0.2, 0) is 9.59 Å². The fraction of sp³-hybridized carbons (Fsp3) is 0.556. The van der Waals surface area contributed by atoms with Crippen molar-refractivity contribution in [1.82, 2.24) is 0 Å². The molecule has 0 amide bonds. The van der Waals surface area contributed by atoms with E-state index in [2.05, 4.69) is 6.08 Å². The minimum absolute atomic E-state index is 0.0301. The summed E-state index contributed by atoms with van der Waals surface area (Å²) in [5.41, 5.74) is 0. The maximum Gasteiger partial charge on any atom is 0.201 e. The smallest absolute Gasteiger partial charge is 0.201 e.